The largest absolute Gasteiger partial charge is 0.426 e. The Bertz CT molecular complexity index is 791. The average molecular weight is 388 g/mol. The maximum absolute atomic E-state index is 12.1. The van der Waals surface area contributed by atoms with Crippen LogP contribution in [0.3, 0.4) is 0 Å². The van der Waals surface area contributed by atoms with E-state index in [0.717, 1.165) is 19.9 Å². The molecule has 0 amide bonds. The summed E-state index contributed by atoms with van der Waals surface area (Å²) < 4.78 is 6.45. The van der Waals surface area contributed by atoms with Crippen molar-refractivity contribution in [2.24, 2.45) is 0 Å². The molecule has 0 atom stereocenters. The molecule has 0 bridgehead atoms. The van der Waals surface area contributed by atoms with Gasteiger partial charge in [0.2, 0.25) is 0 Å². The molecule has 0 aliphatic carbocycles. The topological polar surface area (TPSA) is 26.3 Å². The Labute approximate surface area is 136 Å². The van der Waals surface area contributed by atoms with Crippen LogP contribution < -0.4 is 4.74 Å². The summed E-state index contributed by atoms with van der Waals surface area (Å²) in [6.45, 7) is 0. The predicted octanol–water partition coefficient (Wildman–Crippen LogP) is 4.59. The lowest BCUT2D eigenvalue weighted by atomic mass is 10.0. The van der Waals surface area contributed by atoms with Crippen molar-refractivity contribution in [1.29, 1.82) is 0 Å². The molecule has 3 aromatic carbocycles. The Hall–Kier alpha value is -1.88. The van der Waals surface area contributed by atoms with E-state index in [2.05, 4.69) is 22.6 Å². The first-order valence-corrected chi connectivity index (χ1v) is 7.73. The summed E-state index contributed by atoms with van der Waals surface area (Å²) in [6.07, 6.45) is 0.271. The Morgan fingerprint density at radius 3 is 2.57 bits per heavy atom. The van der Waals surface area contributed by atoms with Gasteiger partial charge in [-0.2, -0.15) is 0 Å². The van der Waals surface area contributed by atoms with Gasteiger partial charge < -0.3 is 4.74 Å². The molecular weight excluding hydrogens is 375 g/mol. The normalized spacial score (nSPS) is 10.5. The maximum atomic E-state index is 12.1. The average Bonchev–Trinajstić information content (AvgIpc) is 2.47. The molecule has 0 heterocycles. The molecule has 0 aliphatic heterocycles. The first kappa shape index (κ1) is 14.1. The molecule has 0 saturated heterocycles. The Morgan fingerprint density at radius 2 is 1.71 bits per heavy atom. The second-order valence-electron chi connectivity index (χ2n) is 4.75. The third-order valence-electron chi connectivity index (χ3n) is 3.24. The lowest BCUT2D eigenvalue weighted by Gasteiger charge is -2.07. The summed E-state index contributed by atoms with van der Waals surface area (Å²) >= 11 is 2.20. The molecule has 0 fully saturated rings. The highest BCUT2D eigenvalue weighted by molar-refractivity contribution is 14.1. The van der Waals surface area contributed by atoms with Crippen molar-refractivity contribution < 1.29 is 9.53 Å². The van der Waals surface area contributed by atoms with Gasteiger partial charge in [-0.05, 0) is 57.1 Å². The number of carbonyl (C=O) groups is 1. The Morgan fingerprint density at radius 1 is 0.952 bits per heavy atom. The van der Waals surface area contributed by atoms with E-state index >= 15 is 0 Å². The van der Waals surface area contributed by atoms with Gasteiger partial charge >= 0.3 is 5.97 Å². The summed E-state index contributed by atoms with van der Waals surface area (Å²) in [6, 6.07) is 21.5. The van der Waals surface area contributed by atoms with Crippen LogP contribution in [0.1, 0.15) is 5.56 Å². The van der Waals surface area contributed by atoms with Crippen molar-refractivity contribution in [2.75, 3.05) is 0 Å². The summed E-state index contributed by atoms with van der Waals surface area (Å²) in [7, 11) is 0. The molecule has 0 radical (unpaired) electrons. The van der Waals surface area contributed by atoms with Crippen molar-refractivity contribution in [1.82, 2.24) is 0 Å². The number of fused-ring (bicyclic) bond motifs is 1. The van der Waals surface area contributed by atoms with Crippen LogP contribution in [0, 0.1) is 3.57 Å². The zero-order valence-electron chi connectivity index (χ0n) is 11.3. The van der Waals surface area contributed by atoms with Crippen molar-refractivity contribution in [2.45, 2.75) is 6.42 Å². The third kappa shape index (κ3) is 3.42. The number of benzene rings is 3. The zero-order valence-corrected chi connectivity index (χ0v) is 13.4. The van der Waals surface area contributed by atoms with E-state index < -0.39 is 0 Å². The van der Waals surface area contributed by atoms with Gasteiger partial charge in [-0.15, -0.1) is 0 Å². The molecule has 3 rings (SSSR count). The van der Waals surface area contributed by atoms with Crippen LogP contribution in [0.5, 0.6) is 5.75 Å². The molecule has 104 valence electrons. The molecule has 0 unspecified atom stereocenters. The van der Waals surface area contributed by atoms with E-state index in [4.69, 9.17) is 4.74 Å². The minimum Gasteiger partial charge on any atom is -0.426 e. The fourth-order valence-corrected chi connectivity index (χ4v) is 2.81. The smallest absolute Gasteiger partial charge is 0.315 e. The first-order chi connectivity index (χ1) is 10.2. The van der Waals surface area contributed by atoms with Gasteiger partial charge in [0.25, 0.3) is 0 Å². The highest BCUT2D eigenvalue weighted by Gasteiger charge is 2.09. The number of halogens is 1. The monoisotopic (exact) mass is 388 g/mol. The number of hydrogen-bond donors (Lipinski definition) is 0. The van der Waals surface area contributed by atoms with Gasteiger partial charge in [0, 0.05) is 3.57 Å². The van der Waals surface area contributed by atoms with Gasteiger partial charge in [0.15, 0.2) is 0 Å². The molecule has 2 nitrogen and oxygen atoms in total. The van der Waals surface area contributed by atoms with Crippen molar-refractivity contribution in [3.05, 3.63) is 75.9 Å². The van der Waals surface area contributed by atoms with Gasteiger partial charge in [0.1, 0.15) is 5.75 Å². The number of esters is 1. The van der Waals surface area contributed by atoms with E-state index in [1.165, 1.54) is 0 Å². The number of ether oxygens (including phenoxy) is 1. The summed E-state index contributed by atoms with van der Waals surface area (Å²) in [4.78, 5) is 12.1. The third-order valence-corrected chi connectivity index (χ3v) is 3.91. The van der Waals surface area contributed by atoms with Crippen LogP contribution in [0.15, 0.2) is 66.7 Å². The highest BCUT2D eigenvalue weighted by Crippen LogP contribution is 2.20. The molecule has 3 aromatic rings. The van der Waals surface area contributed by atoms with Crippen LogP contribution in [-0.2, 0) is 11.2 Å². The molecular formula is C18H13IO2. The lowest BCUT2D eigenvalue weighted by Crippen LogP contribution is -2.11. The van der Waals surface area contributed by atoms with Crippen LogP contribution in [0.2, 0.25) is 0 Å². The quantitative estimate of drug-likeness (QED) is 0.373. The highest BCUT2D eigenvalue weighted by atomic mass is 127. The standard InChI is InChI=1S/C18H13IO2/c19-15-8-4-9-16(12-15)21-18(20)11-14-7-3-6-13-5-1-2-10-17(13)14/h1-10,12H,11H2. The predicted molar refractivity (Wildman–Crippen MR) is 92.4 cm³/mol. The van der Waals surface area contributed by atoms with E-state index in [1.807, 2.05) is 60.7 Å². The van der Waals surface area contributed by atoms with E-state index in [1.54, 1.807) is 6.07 Å². The SMILES string of the molecule is O=C(Cc1cccc2ccccc12)Oc1cccc(I)c1. The first-order valence-electron chi connectivity index (χ1n) is 6.65. The summed E-state index contributed by atoms with van der Waals surface area (Å²) in [5.41, 5.74) is 0.990. The van der Waals surface area contributed by atoms with E-state index in [0.29, 0.717) is 5.75 Å². The van der Waals surface area contributed by atoms with Crippen molar-refractivity contribution in [3.8, 4) is 5.75 Å². The molecule has 0 aliphatic rings. The van der Waals surface area contributed by atoms with E-state index in [9.17, 15) is 4.79 Å². The molecule has 0 saturated carbocycles. The van der Waals surface area contributed by atoms with Gasteiger partial charge in [-0.3, -0.25) is 4.79 Å². The van der Waals surface area contributed by atoms with Crippen molar-refractivity contribution in [3.63, 3.8) is 0 Å². The number of hydrogen-bond acceptors (Lipinski definition) is 2. The van der Waals surface area contributed by atoms with E-state index in [-0.39, 0.29) is 12.4 Å². The Kier molecular flexibility index (Phi) is 4.20. The van der Waals surface area contributed by atoms with Gasteiger partial charge in [-0.1, -0.05) is 48.5 Å². The Balaban J connectivity index is 1.80. The number of carbonyl (C=O) groups excluding carboxylic acids is 1. The van der Waals surface area contributed by atoms with Gasteiger partial charge in [0.05, 0.1) is 6.42 Å². The van der Waals surface area contributed by atoms with Crippen LogP contribution >= 0.6 is 22.6 Å². The molecule has 0 N–H and O–H groups in total. The molecule has 21 heavy (non-hydrogen) atoms. The summed E-state index contributed by atoms with van der Waals surface area (Å²) in [5.74, 6) is 0.348. The summed E-state index contributed by atoms with van der Waals surface area (Å²) in [5, 5.41) is 2.23. The minimum atomic E-state index is -0.242. The van der Waals surface area contributed by atoms with Crippen LogP contribution in [0.4, 0.5) is 0 Å². The number of rotatable bonds is 3. The van der Waals surface area contributed by atoms with Crippen LogP contribution in [0.25, 0.3) is 10.8 Å². The minimum absolute atomic E-state index is 0.242. The molecule has 0 spiro atoms. The van der Waals surface area contributed by atoms with Crippen molar-refractivity contribution >= 4 is 39.3 Å². The second-order valence-corrected chi connectivity index (χ2v) is 5.99. The zero-order chi connectivity index (χ0) is 14.7. The molecule has 0 aromatic heterocycles. The fraction of sp³-hybridized carbons (Fsp3) is 0.0556. The second kappa shape index (κ2) is 6.26. The van der Waals surface area contributed by atoms with Gasteiger partial charge in [-0.25, -0.2) is 0 Å². The maximum Gasteiger partial charge on any atom is 0.315 e. The van der Waals surface area contributed by atoms with Crippen LogP contribution in [-0.4, -0.2) is 5.97 Å². The lowest BCUT2D eigenvalue weighted by molar-refractivity contribution is -0.133. The molecule has 3 heteroatoms. The fourth-order valence-electron chi connectivity index (χ4n) is 2.30.